The molecule has 2 N–H and O–H groups in total. The van der Waals surface area contributed by atoms with Crippen molar-refractivity contribution in [3.05, 3.63) is 77.9 Å². The van der Waals surface area contributed by atoms with E-state index in [-0.39, 0.29) is 5.91 Å². The summed E-state index contributed by atoms with van der Waals surface area (Å²) >= 11 is 0. The largest absolute Gasteiger partial charge is 0.338 e. The lowest BCUT2D eigenvalue weighted by Crippen LogP contribution is -2.47. The SMILES string of the molecule is CCNC(=O)NC(=O)C(c1ccccc1)N1CC=C(c2ccccc2)CC1. The number of benzene rings is 2. The lowest BCUT2D eigenvalue weighted by molar-refractivity contribution is -0.125. The second-order valence-electron chi connectivity index (χ2n) is 6.50. The van der Waals surface area contributed by atoms with Crippen molar-refractivity contribution in [3.63, 3.8) is 0 Å². The van der Waals surface area contributed by atoms with E-state index in [1.165, 1.54) is 11.1 Å². The monoisotopic (exact) mass is 363 g/mol. The summed E-state index contributed by atoms with van der Waals surface area (Å²) in [5, 5.41) is 5.08. The number of imide groups is 1. The summed E-state index contributed by atoms with van der Waals surface area (Å²) in [4.78, 5) is 26.8. The molecule has 0 fully saturated rings. The van der Waals surface area contributed by atoms with Gasteiger partial charge >= 0.3 is 6.03 Å². The van der Waals surface area contributed by atoms with Crippen LogP contribution >= 0.6 is 0 Å². The highest BCUT2D eigenvalue weighted by Crippen LogP contribution is 2.28. The molecular formula is C22H25N3O2. The Labute approximate surface area is 160 Å². The Morgan fingerprint density at radius 2 is 1.70 bits per heavy atom. The molecule has 0 aromatic heterocycles. The molecule has 27 heavy (non-hydrogen) atoms. The molecule has 3 rings (SSSR count). The fourth-order valence-electron chi connectivity index (χ4n) is 3.38. The van der Waals surface area contributed by atoms with Gasteiger partial charge in [-0.2, -0.15) is 0 Å². The molecule has 1 aliphatic heterocycles. The molecule has 0 bridgehead atoms. The maximum atomic E-state index is 12.8. The number of rotatable bonds is 5. The van der Waals surface area contributed by atoms with Crippen LogP contribution in [0.2, 0.25) is 0 Å². The van der Waals surface area contributed by atoms with Gasteiger partial charge < -0.3 is 5.32 Å². The Morgan fingerprint density at radius 1 is 1.04 bits per heavy atom. The lowest BCUT2D eigenvalue weighted by atomic mass is 9.96. The van der Waals surface area contributed by atoms with Gasteiger partial charge in [0, 0.05) is 19.6 Å². The van der Waals surface area contributed by atoms with Crippen LogP contribution in [0.15, 0.2) is 66.7 Å². The number of carbonyl (C=O) groups excluding carboxylic acids is 2. The van der Waals surface area contributed by atoms with Crippen molar-refractivity contribution >= 4 is 17.5 Å². The third-order valence-electron chi connectivity index (χ3n) is 4.69. The summed E-state index contributed by atoms with van der Waals surface area (Å²) < 4.78 is 0. The van der Waals surface area contributed by atoms with Gasteiger partial charge in [-0.1, -0.05) is 66.7 Å². The number of hydrogen-bond donors (Lipinski definition) is 2. The van der Waals surface area contributed by atoms with Crippen LogP contribution in [0.3, 0.4) is 0 Å². The topological polar surface area (TPSA) is 61.4 Å². The van der Waals surface area contributed by atoms with E-state index in [0.29, 0.717) is 13.1 Å². The molecule has 5 heteroatoms. The molecule has 1 unspecified atom stereocenters. The number of amides is 3. The van der Waals surface area contributed by atoms with Crippen LogP contribution in [0.5, 0.6) is 0 Å². The molecule has 1 heterocycles. The van der Waals surface area contributed by atoms with E-state index < -0.39 is 12.1 Å². The molecular weight excluding hydrogens is 338 g/mol. The minimum absolute atomic E-state index is 0.302. The number of hydrogen-bond acceptors (Lipinski definition) is 3. The summed E-state index contributed by atoms with van der Waals surface area (Å²) in [6, 6.07) is 19.0. The molecule has 2 aromatic rings. The van der Waals surface area contributed by atoms with E-state index in [2.05, 4.69) is 33.7 Å². The van der Waals surface area contributed by atoms with Crippen LogP contribution in [0.1, 0.15) is 30.5 Å². The first-order chi connectivity index (χ1) is 13.2. The molecule has 1 atom stereocenters. The first kappa shape index (κ1) is 18.9. The maximum Gasteiger partial charge on any atom is 0.321 e. The molecule has 0 saturated carbocycles. The van der Waals surface area contributed by atoms with E-state index in [9.17, 15) is 9.59 Å². The van der Waals surface area contributed by atoms with Gasteiger partial charge in [-0.05, 0) is 30.0 Å². The zero-order chi connectivity index (χ0) is 19.1. The standard InChI is InChI=1S/C22H25N3O2/c1-2-23-22(27)24-21(26)20(19-11-7-4-8-12-19)25-15-13-18(14-16-25)17-9-5-3-6-10-17/h3-13,20H,2,14-16H2,1H3,(H2,23,24,26,27). The fourth-order valence-corrected chi connectivity index (χ4v) is 3.38. The zero-order valence-electron chi connectivity index (χ0n) is 15.5. The Kier molecular flexibility index (Phi) is 6.39. The molecule has 140 valence electrons. The predicted octanol–water partition coefficient (Wildman–Crippen LogP) is 3.36. The van der Waals surface area contributed by atoms with Gasteiger partial charge in [0.05, 0.1) is 0 Å². The molecule has 0 aliphatic carbocycles. The maximum absolute atomic E-state index is 12.8. The van der Waals surface area contributed by atoms with Crippen molar-refractivity contribution in [3.8, 4) is 0 Å². The fraction of sp³-hybridized carbons (Fsp3) is 0.273. The lowest BCUT2D eigenvalue weighted by Gasteiger charge is -2.33. The van der Waals surface area contributed by atoms with Crippen LogP contribution in [0, 0.1) is 0 Å². The van der Waals surface area contributed by atoms with Crippen molar-refractivity contribution in [2.75, 3.05) is 19.6 Å². The summed E-state index contributed by atoms with van der Waals surface area (Å²) in [5.41, 5.74) is 3.40. The van der Waals surface area contributed by atoms with Gasteiger partial charge in [-0.25, -0.2) is 4.79 Å². The normalized spacial score (nSPS) is 15.5. The van der Waals surface area contributed by atoms with E-state index in [1.807, 2.05) is 55.5 Å². The Hall–Kier alpha value is -2.92. The molecule has 0 radical (unpaired) electrons. The van der Waals surface area contributed by atoms with E-state index in [1.54, 1.807) is 0 Å². The highest BCUT2D eigenvalue weighted by atomic mass is 16.2. The number of urea groups is 1. The van der Waals surface area contributed by atoms with Crippen molar-refractivity contribution in [2.45, 2.75) is 19.4 Å². The second-order valence-corrected chi connectivity index (χ2v) is 6.50. The minimum Gasteiger partial charge on any atom is -0.338 e. The van der Waals surface area contributed by atoms with Gasteiger partial charge in [0.25, 0.3) is 0 Å². The van der Waals surface area contributed by atoms with Crippen LogP contribution in [-0.2, 0) is 4.79 Å². The summed E-state index contributed by atoms with van der Waals surface area (Å²) in [6.45, 7) is 3.71. The van der Waals surface area contributed by atoms with Gasteiger partial charge in [0.2, 0.25) is 5.91 Å². The number of nitrogens with one attached hydrogen (secondary N) is 2. The molecule has 5 nitrogen and oxygen atoms in total. The van der Waals surface area contributed by atoms with E-state index >= 15 is 0 Å². The summed E-state index contributed by atoms with van der Waals surface area (Å²) in [7, 11) is 0. The summed E-state index contributed by atoms with van der Waals surface area (Å²) in [6.07, 6.45) is 3.04. The highest BCUT2D eigenvalue weighted by Gasteiger charge is 2.29. The van der Waals surface area contributed by atoms with Crippen molar-refractivity contribution in [1.29, 1.82) is 0 Å². The number of carbonyl (C=O) groups is 2. The molecule has 2 aromatic carbocycles. The van der Waals surface area contributed by atoms with Gasteiger partial charge in [0.15, 0.2) is 0 Å². The smallest absolute Gasteiger partial charge is 0.321 e. The quantitative estimate of drug-likeness (QED) is 0.856. The number of nitrogens with zero attached hydrogens (tertiary/aromatic N) is 1. The molecule has 0 spiro atoms. The van der Waals surface area contributed by atoms with Crippen molar-refractivity contribution in [1.82, 2.24) is 15.5 Å². The molecule has 3 amide bonds. The average molecular weight is 363 g/mol. The molecule has 1 aliphatic rings. The Bertz CT molecular complexity index is 803. The second kappa shape index (κ2) is 9.14. The third kappa shape index (κ3) is 4.83. The van der Waals surface area contributed by atoms with E-state index in [0.717, 1.165) is 18.5 Å². The van der Waals surface area contributed by atoms with Gasteiger partial charge in [-0.15, -0.1) is 0 Å². The first-order valence-electron chi connectivity index (χ1n) is 9.31. The van der Waals surface area contributed by atoms with Crippen molar-refractivity contribution in [2.24, 2.45) is 0 Å². The Morgan fingerprint density at radius 3 is 2.30 bits per heavy atom. The molecule has 0 saturated heterocycles. The third-order valence-corrected chi connectivity index (χ3v) is 4.69. The average Bonchev–Trinajstić information content (AvgIpc) is 2.70. The van der Waals surface area contributed by atoms with Crippen molar-refractivity contribution < 1.29 is 9.59 Å². The minimum atomic E-state index is -0.498. The first-order valence-corrected chi connectivity index (χ1v) is 9.31. The van der Waals surface area contributed by atoms with E-state index in [4.69, 9.17) is 0 Å². The van der Waals surface area contributed by atoms with Crippen LogP contribution in [-0.4, -0.2) is 36.5 Å². The zero-order valence-corrected chi connectivity index (χ0v) is 15.5. The predicted molar refractivity (Wildman–Crippen MR) is 107 cm³/mol. The highest BCUT2D eigenvalue weighted by molar-refractivity contribution is 5.97. The van der Waals surface area contributed by atoms with Crippen LogP contribution < -0.4 is 10.6 Å². The van der Waals surface area contributed by atoms with Crippen LogP contribution in [0.25, 0.3) is 5.57 Å². The van der Waals surface area contributed by atoms with Gasteiger partial charge in [-0.3, -0.25) is 15.0 Å². The summed E-state index contributed by atoms with van der Waals surface area (Å²) in [5.74, 6) is -0.302. The van der Waals surface area contributed by atoms with Gasteiger partial charge in [0.1, 0.15) is 6.04 Å². The van der Waals surface area contributed by atoms with Crippen LogP contribution in [0.4, 0.5) is 4.79 Å². The Balaban J connectivity index is 1.79.